The molecule has 0 saturated carbocycles. The molecule has 2 aliphatic rings. The highest BCUT2D eigenvalue weighted by molar-refractivity contribution is 5.97. The zero-order valence-electron chi connectivity index (χ0n) is 15.5. The summed E-state index contributed by atoms with van der Waals surface area (Å²) in [6.07, 6.45) is 0.716. The molecule has 0 amide bonds. The quantitative estimate of drug-likeness (QED) is 0.920. The Hall–Kier alpha value is -2.17. The van der Waals surface area contributed by atoms with E-state index < -0.39 is 5.60 Å². The molecule has 26 heavy (non-hydrogen) atoms. The highest BCUT2D eigenvalue weighted by Crippen LogP contribution is 2.36. The number of aliphatic imine (C=N–C) groups is 1. The fraction of sp³-hybridized carbons (Fsp3) is 0.409. The minimum atomic E-state index is -0.871. The minimum absolute atomic E-state index is 0.208. The van der Waals surface area contributed by atoms with Gasteiger partial charge < -0.3 is 9.84 Å². The zero-order valence-corrected chi connectivity index (χ0v) is 15.5. The Labute approximate surface area is 155 Å². The lowest BCUT2D eigenvalue weighted by atomic mass is 9.89. The van der Waals surface area contributed by atoms with Crippen LogP contribution < -0.4 is 0 Å². The maximum absolute atomic E-state index is 11.4. The van der Waals surface area contributed by atoms with Gasteiger partial charge in [-0.15, -0.1) is 0 Å². The number of rotatable bonds is 4. The van der Waals surface area contributed by atoms with Gasteiger partial charge in [0.1, 0.15) is 12.2 Å². The second-order valence-electron chi connectivity index (χ2n) is 8.04. The molecule has 4 heteroatoms. The summed E-state index contributed by atoms with van der Waals surface area (Å²) >= 11 is 0. The van der Waals surface area contributed by atoms with E-state index in [1.165, 1.54) is 5.56 Å². The van der Waals surface area contributed by atoms with Crippen LogP contribution in [0.25, 0.3) is 0 Å². The Morgan fingerprint density at radius 3 is 2.54 bits per heavy atom. The standard InChI is InChI=1S/C22H26N2O2/c1-21(2)16-26-20(23-21)18-10-6-7-11-19(18)22(25)12-13-24(15-22)14-17-8-4-3-5-9-17/h3-11,25H,12-16H2,1-2H3. The van der Waals surface area contributed by atoms with E-state index in [9.17, 15) is 5.11 Å². The van der Waals surface area contributed by atoms with Crippen LogP contribution in [0.5, 0.6) is 0 Å². The Balaban J connectivity index is 1.58. The Morgan fingerprint density at radius 2 is 1.81 bits per heavy atom. The molecule has 136 valence electrons. The normalized spacial score (nSPS) is 25.1. The molecular weight excluding hydrogens is 324 g/mol. The minimum Gasteiger partial charge on any atom is -0.475 e. The van der Waals surface area contributed by atoms with Crippen LogP contribution >= 0.6 is 0 Å². The second kappa shape index (κ2) is 6.53. The molecule has 1 saturated heterocycles. The van der Waals surface area contributed by atoms with Gasteiger partial charge in [0.15, 0.2) is 0 Å². The van der Waals surface area contributed by atoms with Crippen LogP contribution in [-0.2, 0) is 16.9 Å². The SMILES string of the molecule is CC1(C)COC(c2ccccc2C2(O)CCN(Cc3ccccc3)C2)=N1. The van der Waals surface area contributed by atoms with Gasteiger partial charge in [0.05, 0.1) is 5.54 Å². The van der Waals surface area contributed by atoms with Crippen LogP contribution in [0.2, 0.25) is 0 Å². The average Bonchev–Trinajstić information content (AvgIpc) is 3.19. The van der Waals surface area contributed by atoms with E-state index in [0.29, 0.717) is 25.5 Å². The molecule has 0 aliphatic carbocycles. The number of β-amino-alcohol motifs (C(OH)–C–C–N with tert-alkyl or cyclic N) is 1. The molecule has 2 aromatic rings. The van der Waals surface area contributed by atoms with Crippen LogP contribution in [0, 0.1) is 0 Å². The van der Waals surface area contributed by atoms with Gasteiger partial charge in [0, 0.05) is 25.2 Å². The number of ether oxygens (including phenoxy) is 1. The van der Waals surface area contributed by atoms with E-state index in [0.717, 1.165) is 24.2 Å². The highest BCUT2D eigenvalue weighted by Gasteiger charge is 2.40. The van der Waals surface area contributed by atoms with Gasteiger partial charge in [-0.1, -0.05) is 48.5 Å². The maximum atomic E-state index is 11.4. The van der Waals surface area contributed by atoms with Crippen molar-refractivity contribution in [2.24, 2.45) is 4.99 Å². The van der Waals surface area contributed by atoms with Crippen molar-refractivity contribution < 1.29 is 9.84 Å². The maximum Gasteiger partial charge on any atom is 0.217 e. The highest BCUT2D eigenvalue weighted by atomic mass is 16.5. The predicted octanol–water partition coefficient (Wildman–Crippen LogP) is 3.34. The van der Waals surface area contributed by atoms with Gasteiger partial charge in [0.25, 0.3) is 0 Å². The lowest BCUT2D eigenvalue weighted by Crippen LogP contribution is -2.32. The average molecular weight is 350 g/mol. The first-order chi connectivity index (χ1) is 12.5. The molecule has 1 unspecified atom stereocenters. The number of likely N-dealkylation sites (tertiary alicyclic amines) is 1. The van der Waals surface area contributed by atoms with E-state index in [1.54, 1.807) is 0 Å². The smallest absolute Gasteiger partial charge is 0.217 e. The molecule has 0 aromatic heterocycles. The summed E-state index contributed by atoms with van der Waals surface area (Å²) in [4.78, 5) is 7.02. The zero-order chi connectivity index (χ0) is 18.2. The lowest BCUT2D eigenvalue weighted by Gasteiger charge is -2.26. The van der Waals surface area contributed by atoms with Crippen LogP contribution in [0.3, 0.4) is 0 Å². The van der Waals surface area contributed by atoms with Gasteiger partial charge in [-0.3, -0.25) is 4.90 Å². The van der Waals surface area contributed by atoms with Crippen molar-refractivity contribution in [1.29, 1.82) is 0 Å². The van der Waals surface area contributed by atoms with Gasteiger partial charge in [0.2, 0.25) is 5.90 Å². The first kappa shape index (κ1) is 17.3. The van der Waals surface area contributed by atoms with Gasteiger partial charge in [-0.05, 0) is 37.5 Å². The van der Waals surface area contributed by atoms with Crippen LogP contribution in [0.1, 0.15) is 37.0 Å². The Bertz CT molecular complexity index is 816. The summed E-state index contributed by atoms with van der Waals surface area (Å²) in [5.41, 5.74) is 2.04. The number of nitrogens with zero attached hydrogens (tertiary/aromatic N) is 2. The number of aliphatic hydroxyl groups is 1. The van der Waals surface area contributed by atoms with E-state index in [2.05, 4.69) is 43.0 Å². The third kappa shape index (κ3) is 3.39. The monoisotopic (exact) mass is 350 g/mol. The largest absolute Gasteiger partial charge is 0.475 e. The molecule has 2 aliphatic heterocycles. The third-order valence-electron chi connectivity index (χ3n) is 5.20. The molecule has 1 fully saturated rings. The van der Waals surface area contributed by atoms with Gasteiger partial charge >= 0.3 is 0 Å². The van der Waals surface area contributed by atoms with Crippen molar-refractivity contribution in [3.05, 3.63) is 71.3 Å². The first-order valence-electron chi connectivity index (χ1n) is 9.26. The summed E-state index contributed by atoms with van der Waals surface area (Å²) in [6, 6.07) is 18.4. The first-order valence-corrected chi connectivity index (χ1v) is 9.26. The number of benzene rings is 2. The number of hydrogen-bond acceptors (Lipinski definition) is 4. The van der Waals surface area contributed by atoms with Crippen LogP contribution in [-0.4, -0.2) is 41.1 Å². The Morgan fingerprint density at radius 1 is 1.08 bits per heavy atom. The molecule has 4 rings (SSSR count). The van der Waals surface area contributed by atoms with Gasteiger partial charge in [-0.2, -0.15) is 0 Å². The molecular formula is C22H26N2O2. The van der Waals surface area contributed by atoms with Crippen molar-refractivity contribution in [3.63, 3.8) is 0 Å². The molecule has 2 aromatic carbocycles. The van der Waals surface area contributed by atoms with E-state index >= 15 is 0 Å². The molecule has 2 heterocycles. The molecule has 1 atom stereocenters. The summed E-state index contributed by atoms with van der Waals surface area (Å²) in [5.74, 6) is 0.653. The topological polar surface area (TPSA) is 45.1 Å². The van der Waals surface area contributed by atoms with Crippen molar-refractivity contribution in [2.45, 2.75) is 38.0 Å². The van der Waals surface area contributed by atoms with E-state index in [-0.39, 0.29) is 5.54 Å². The Kier molecular flexibility index (Phi) is 4.33. The predicted molar refractivity (Wildman–Crippen MR) is 103 cm³/mol. The molecule has 0 bridgehead atoms. The summed E-state index contributed by atoms with van der Waals surface area (Å²) < 4.78 is 5.85. The van der Waals surface area contributed by atoms with Crippen LogP contribution in [0.15, 0.2) is 59.6 Å². The van der Waals surface area contributed by atoms with Crippen molar-refractivity contribution >= 4 is 5.90 Å². The molecule has 0 radical (unpaired) electrons. The second-order valence-corrected chi connectivity index (χ2v) is 8.04. The fourth-order valence-electron chi connectivity index (χ4n) is 3.87. The molecule has 4 nitrogen and oxygen atoms in total. The van der Waals surface area contributed by atoms with Gasteiger partial charge in [-0.25, -0.2) is 4.99 Å². The van der Waals surface area contributed by atoms with Crippen LogP contribution in [0.4, 0.5) is 0 Å². The van der Waals surface area contributed by atoms with E-state index in [1.807, 2.05) is 30.3 Å². The summed E-state index contributed by atoms with van der Waals surface area (Å²) in [7, 11) is 0. The summed E-state index contributed by atoms with van der Waals surface area (Å²) in [6.45, 7) is 7.06. The summed E-state index contributed by atoms with van der Waals surface area (Å²) in [5, 5.41) is 11.4. The van der Waals surface area contributed by atoms with Crippen molar-refractivity contribution in [2.75, 3.05) is 19.7 Å². The fourth-order valence-corrected chi connectivity index (χ4v) is 3.87. The lowest BCUT2D eigenvalue weighted by molar-refractivity contribution is 0.0449. The van der Waals surface area contributed by atoms with E-state index in [4.69, 9.17) is 9.73 Å². The molecule has 0 spiro atoms. The third-order valence-corrected chi connectivity index (χ3v) is 5.20. The van der Waals surface area contributed by atoms with Crippen molar-refractivity contribution in [3.8, 4) is 0 Å². The molecule has 1 N–H and O–H groups in total. The van der Waals surface area contributed by atoms with Crippen molar-refractivity contribution in [1.82, 2.24) is 4.90 Å². The number of hydrogen-bond donors (Lipinski definition) is 1.